The normalized spacial score (nSPS) is 13.4. The zero-order valence-corrected chi connectivity index (χ0v) is 9.80. The van der Waals surface area contributed by atoms with Crippen LogP contribution in [0, 0.1) is 5.92 Å². The minimum absolute atomic E-state index is 0.202. The first-order valence-corrected chi connectivity index (χ1v) is 5.18. The highest BCUT2D eigenvalue weighted by atomic mass is 16.6. The maximum atomic E-state index is 10.8. The number of hydrogen-bond acceptors (Lipinski definition) is 2. The fourth-order valence-corrected chi connectivity index (χ4v) is 1.44. The van der Waals surface area contributed by atoms with Crippen LogP contribution in [0.4, 0.5) is 0 Å². The zero-order valence-electron chi connectivity index (χ0n) is 9.80. The lowest BCUT2D eigenvalue weighted by Crippen LogP contribution is -2.27. The van der Waals surface area contributed by atoms with Crippen molar-refractivity contribution in [1.82, 2.24) is 0 Å². The Morgan fingerprint density at radius 2 is 2.14 bits per heavy atom. The molecule has 0 N–H and O–H groups in total. The highest BCUT2D eigenvalue weighted by molar-refractivity contribution is 5.66. The van der Waals surface area contributed by atoms with Crippen LogP contribution < -0.4 is 0 Å². The summed E-state index contributed by atoms with van der Waals surface area (Å²) in [6.45, 7) is 11.3. The lowest BCUT2D eigenvalue weighted by Gasteiger charge is -2.25. The number of carbonyl (C=O) groups excluding carboxylic acids is 1. The summed E-state index contributed by atoms with van der Waals surface area (Å²) in [5.74, 6) is 0.411. The SMILES string of the molecule is C=CC[C@@H](C)CCC(C)(C)OC(C)=O. The van der Waals surface area contributed by atoms with Gasteiger partial charge in [0.05, 0.1) is 0 Å². The second-order valence-corrected chi connectivity index (χ2v) is 4.52. The van der Waals surface area contributed by atoms with Crippen molar-refractivity contribution in [3.05, 3.63) is 12.7 Å². The van der Waals surface area contributed by atoms with Gasteiger partial charge in [0.25, 0.3) is 0 Å². The van der Waals surface area contributed by atoms with Crippen LogP contribution in [0.1, 0.15) is 47.0 Å². The molecule has 0 radical (unpaired) electrons. The highest BCUT2D eigenvalue weighted by Gasteiger charge is 2.21. The van der Waals surface area contributed by atoms with Crippen LogP contribution in [0.2, 0.25) is 0 Å². The predicted octanol–water partition coefficient (Wildman–Crippen LogP) is 3.32. The van der Waals surface area contributed by atoms with Gasteiger partial charge in [-0.05, 0) is 39.0 Å². The molecule has 2 heteroatoms. The van der Waals surface area contributed by atoms with E-state index < -0.39 is 0 Å². The molecule has 0 saturated carbocycles. The zero-order chi connectivity index (χ0) is 11.2. The van der Waals surface area contributed by atoms with Gasteiger partial charge in [-0.2, -0.15) is 0 Å². The van der Waals surface area contributed by atoms with E-state index in [1.165, 1.54) is 6.92 Å². The Bertz CT molecular complexity index is 194. The van der Waals surface area contributed by atoms with E-state index in [4.69, 9.17) is 4.74 Å². The van der Waals surface area contributed by atoms with Crippen molar-refractivity contribution in [3.63, 3.8) is 0 Å². The Morgan fingerprint density at radius 1 is 1.57 bits per heavy atom. The molecule has 0 aliphatic heterocycles. The van der Waals surface area contributed by atoms with Gasteiger partial charge in [-0.1, -0.05) is 13.0 Å². The van der Waals surface area contributed by atoms with Gasteiger partial charge in [-0.15, -0.1) is 6.58 Å². The second-order valence-electron chi connectivity index (χ2n) is 4.52. The van der Waals surface area contributed by atoms with Crippen molar-refractivity contribution in [1.29, 1.82) is 0 Å². The third-order valence-electron chi connectivity index (χ3n) is 2.23. The topological polar surface area (TPSA) is 26.3 Å². The van der Waals surface area contributed by atoms with Crippen molar-refractivity contribution >= 4 is 5.97 Å². The average molecular weight is 198 g/mol. The smallest absolute Gasteiger partial charge is 0.303 e. The lowest BCUT2D eigenvalue weighted by atomic mass is 9.94. The first-order valence-electron chi connectivity index (χ1n) is 5.18. The fourth-order valence-electron chi connectivity index (χ4n) is 1.44. The molecule has 0 unspecified atom stereocenters. The highest BCUT2D eigenvalue weighted by Crippen LogP contribution is 2.21. The number of hydrogen-bond donors (Lipinski definition) is 0. The molecule has 14 heavy (non-hydrogen) atoms. The first kappa shape index (κ1) is 13.2. The molecule has 0 aliphatic rings. The number of ether oxygens (including phenoxy) is 1. The quantitative estimate of drug-likeness (QED) is 0.483. The first-order chi connectivity index (χ1) is 6.37. The monoisotopic (exact) mass is 198 g/mol. The average Bonchev–Trinajstić information content (AvgIpc) is 1.99. The Hall–Kier alpha value is -0.790. The van der Waals surface area contributed by atoms with Crippen LogP contribution >= 0.6 is 0 Å². The molecular formula is C12H22O2. The molecule has 2 nitrogen and oxygen atoms in total. The third-order valence-corrected chi connectivity index (χ3v) is 2.23. The molecule has 0 heterocycles. The van der Waals surface area contributed by atoms with Gasteiger partial charge in [0.1, 0.15) is 5.60 Å². The van der Waals surface area contributed by atoms with Crippen molar-refractivity contribution in [2.24, 2.45) is 5.92 Å². The molecule has 1 atom stereocenters. The van der Waals surface area contributed by atoms with Gasteiger partial charge < -0.3 is 4.74 Å². The van der Waals surface area contributed by atoms with Crippen molar-refractivity contribution in [2.45, 2.75) is 52.6 Å². The Kier molecular flexibility index (Phi) is 5.51. The Balaban J connectivity index is 3.85. The number of rotatable bonds is 6. The van der Waals surface area contributed by atoms with Gasteiger partial charge >= 0.3 is 5.97 Å². The summed E-state index contributed by atoms with van der Waals surface area (Å²) >= 11 is 0. The molecule has 0 bridgehead atoms. The van der Waals surface area contributed by atoms with Crippen LogP contribution in [0.25, 0.3) is 0 Å². The van der Waals surface area contributed by atoms with Crippen molar-refractivity contribution in [2.75, 3.05) is 0 Å². The number of carbonyl (C=O) groups is 1. The maximum absolute atomic E-state index is 10.8. The third kappa shape index (κ3) is 6.70. The molecule has 82 valence electrons. The van der Waals surface area contributed by atoms with Gasteiger partial charge in [0.2, 0.25) is 0 Å². The number of allylic oxidation sites excluding steroid dienone is 1. The predicted molar refractivity (Wildman–Crippen MR) is 59.1 cm³/mol. The molecule has 0 aromatic carbocycles. The largest absolute Gasteiger partial charge is 0.460 e. The van der Waals surface area contributed by atoms with Gasteiger partial charge in [0.15, 0.2) is 0 Å². The van der Waals surface area contributed by atoms with E-state index in [1.807, 2.05) is 19.9 Å². The van der Waals surface area contributed by atoms with Crippen LogP contribution in [0.15, 0.2) is 12.7 Å². The van der Waals surface area contributed by atoms with E-state index in [1.54, 1.807) is 0 Å². The summed E-state index contributed by atoms with van der Waals surface area (Å²) in [7, 11) is 0. The van der Waals surface area contributed by atoms with Gasteiger partial charge in [0, 0.05) is 6.92 Å². The molecule has 0 saturated heterocycles. The lowest BCUT2D eigenvalue weighted by molar-refractivity contribution is -0.154. The van der Waals surface area contributed by atoms with E-state index >= 15 is 0 Å². The second kappa shape index (κ2) is 5.84. The van der Waals surface area contributed by atoms with Crippen LogP contribution in [-0.2, 0) is 9.53 Å². The molecule has 0 amide bonds. The van der Waals surface area contributed by atoms with E-state index in [0.29, 0.717) is 5.92 Å². The summed E-state index contributed by atoms with van der Waals surface area (Å²) < 4.78 is 5.20. The molecule has 0 fully saturated rings. The minimum Gasteiger partial charge on any atom is -0.460 e. The standard InChI is InChI=1S/C12H22O2/c1-6-7-10(2)8-9-12(4,5)14-11(3)13/h6,10H,1,7-9H2,2-5H3/t10-/m1/s1. The molecule has 0 rings (SSSR count). The van der Waals surface area contributed by atoms with E-state index in [9.17, 15) is 4.79 Å². The van der Waals surface area contributed by atoms with Crippen LogP contribution in [0.5, 0.6) is 0 Å². The summed E-state index contributed by atoms with van der Waals surface area (Å²) in [5.41, 5.74) is -0.332. The van der Waals surface area contributed by atoms with Crippen LogP contribution in [0.3, 0.4) is 0 Å². The van der Waals surface area contributed by atoms with E-state index in [0.717, 1.165) is 19.3 Å². The van der Waals surface area contributed by atoms with Gasteiger partial charge in [-0.3, -0.25) is 4.79 Å². The van der Waals surface area contributed by atoms with Crippen molar-refractivity contribution < 1.29 is 9.53 Å². The van der Waals surface area contributed by atoms with Gasteiger partial charge in [-0.25, -0.2) is 0 Å². The maximum Gasteiger partial charge on any atom is 0.303 e. The number of esters is 1. The van der Waals surface area contributed by atoms with E-state index in [2.05, 4.69) is 13.5 Å². The van der Waals surface area contributed by atoms with Crippen molar-refractivity contribution in [3.8, 4) is 0 Å². The fraction of sp³-hybridized carbons (Fsp3) is 0.750. The molecule has 0 aromatic heterocycles. The molecular weight excluding hydrogens is 176 g/mol. The summed E-state index contributed by atoms with van der Waals surface area (Å²) in [6, 6.07) is 0. The molecule has 0 spiro atoms. The Morgan fingerprint density at radius 3 is 2.57 bits per heavy atom. The van der Waals surface area contributed by atoms with E-state index in [-0.39, 0.29) is 11.6 Å². The summed E-state index contributed by atoms with van der Waals surface area (Å²) in [4.78, 5) is 10.8. The summed E-state index contributed by atoms with van der Waals surface area (Å²) in [6.07, 6.45) is 4.92. The molecule has 0 aromatic rings. The van der Waals surface area contributed by atoms with Crippen LogP contribution in [-0.4, -0.2) is 11.6 Å². The molecule has 0 aliphatic carbocycles. The minimum atomic E-state index is -0.332. The Labute approximate surface area is 87.3 Å². The summed E-state index contributed by atoms with van der Waals surface area (Å²) in [5, 5.41) is 0.